The molecule has 44 heavy (non-hydrogen) atoms. The number of anilines is 1. The van der Waals surface area contributed by atoms with Gasteiger partial charge in [0.1, 0.15) is 12.4 Å². The van der Waals surface area contributed by atoms with E-state index < -0.39 is 29.4 Å². The molecule has 11 heteroatoms. The summed E-state index contributed by atoms with van der Waals surface area (Å²) < 4.78 is 37.1. The van der Waals surface area contributed by atoms with Gasteiger partial charge in [-0.05, 0) is 62.1 Å². The second kappa shape index (κ2) is 11.6. The molecule has 5 aliphatic rings. The monoisotopic (exact) mass is 622 g/mol. The summed E-state index contributed by atoms with van der Waals surface area (Å²) in [5.74, 6) is -1.28. The van der Waals surface area contributed by atoms with E-state index in [4.69, 9.17) is 26.3 Å². The number of halogens is 3. The zero-order valence-electron chi connectivity index (χ0n) is 24.8. The fourth-order valence-corrected chi connectivity index (χ4v) is 8.29. The number of hydrogen-bond donors (Lipinski definition) is 0. The molecular weight excluding hydrogens is 586 g/mol. The second-order valence-corrected chi connectivity index (χ2v) is 13.3. The molecule has 0 bridgehead atoms. The highest BCUT2D eigenvalue weighted by atomic mass is 35.5. The molecule has 1 saturated carbocycles. The van der Waals surface area contributed by atoms with Crippen LogP contribution in [-0.2, 0) is 23.1 Å². The number of carbonyl (C=O) groups excluding carboxylic acids is 1. The van der Waals surface area contributed by atoms with Gasteiger partial charge in [0.25, 0.3) is 5.91 Å². The predicted octanol–water partition coefficient (Wildman–Crippen LogP) is 5.39. The van der Waals surface area contributed by atoms with Gasteiger partial charge in [0.2, 0.25) is 0 Å². The highest BCUT2D eigenvalue weighted by molar-refractivity contribution is 6.31. The van der Waals surface area contributed by atoms with Crippen molar-refractivity contribution < 1.29 is 18.3 Å². The number of likely N-dealkylation sites (tertiary alicyclic amines) is 1. The van der Waals surface area contributed by atoms with Crippen molar-refractivity contribution in [2.24, 2.45) is 0 Å². The minimum absolute atomic E-state index is 0.0250. The zero-order valence-corrected chi connectivity index (χ0v) is 25.5. The molecule has 1 aromatic heterocycles. The molecule has 1 amide bonds. The Labute approximate surface area is 261 Å². The second-order valence-electron chi connectivity index (χ2n) is 12.9. The standard InChI is InChI=1S/C33H37ClF2N6O2/c1-20(35)31(43)42-17-16-40(18-22(42)10-14-37)30-25-9-13-33(12-8-24-26(33)6-3-7-27(24)34)29(36)28(25)38-32(39-30)44-19-23-11-15-41(23)21-4-2-5-21/h3,6-7,21-23,29H,1-2,4-5,8-13,15-19H2/t22-,23+,29-,33+/m0/s1. The molecule has 0 radical (unpaired) electrons. The van der Waals surface area contributed by atoms with Crippen LogP contribution in [0.15, 0.2) is 30.6 Å². The first-order valence-electron chi connectivity index (χ1n) is 15.8. The van der Waals surface area contributed by atoms with Crippen molar-refractivity contribution in [3.05, 3.63) is 58.0 Å². The number of carbonyl (C=O) groups is 1. The lowest BCUT2D eigenvalue weighted by Gasteiger charge is -2.49. The number of nitrogens with zero attached hydrogens (tertiary/aromatic N) is 6. The van der Waals surface area contributed by atoms with E-state index in [1.165, 1.54) is 24.2 Å². The number of ether oxygens (including phenoxy) is 1. The number of benzene rings is 1. The Kier molecular flexibility index (Phi) is 7.74. The maximum atomic E-state index is 17.1. The molecule has 0 unspecified atom stereocenters. The van der Waals surface area contributed by atoms with Gasteiger partial charge in [0.15, 0.2) is 12.0 Å². The fourth-order valence-electron chi connectivity index (χ4n) is 8.03. The smallest absolute Gasteiger partial charge is 0.318 e. The van der Waals surface area contributed by atoms with Gasteiger partial charge >= 0.3 is 6.01 Å². The third-order valence-electron chi connectivity index (χ3n) is 10.8. The van der Waals surface area contributed by atoms with E-state index in [1.807, 2.05) is 23.1 Å². The Balaban J connectivity index is 1.22. The lowest BCUT2D eigenvalue weighted by molar-refractivity contribution is -0.131. The number of aromatic nitrogens is 2. The van der Waals surface area contributed by atoms with E-state index in [0.29, 0.717) is 61.0 Å². The van der Waals surface area contributed by atoms with Crippen LogP contribution in [0.3, 0.4) is 0 Å². The molecular formula is C33H37ClF2N6O2. The quantitative estimate of drug-likeness (QED) is 0.383. The number of piperazine rings is 1. The zero-order chi connectivity index (χ0) is 30.6. The van der Waals surface area contributed by atoms with E-state index >= 15 is 4.39 Å². The summed E-state index contributed by atoms with van der Waals surface area (Å²) in [6.07, 6.45) is 5.94. The summed E-state index contributed by atoms with van der Waals surface area (Å²) >= 11 is 6.55. The highest BCUT2D eigenvalue weighted by Gasteiger charge is 2.51. The van der Waals surface area contributed by atoms with Gasteiger partial charge in [-0.3, -0.25) is 9.69 Å². The topological polar surface area (TPSA) is 85.6 Å². The maximum absolute atomic E-state index is 17.1. The third kappa shape index (κ3) is 4.83. The Hall–Kier alpha value is -3.29. The van der Waals surface area contributed by atoms with Crippen LogP contribution in [0.1, 0.15) is 73.5 Å². The molecule has 1 spiro atoms. The van der Waals surface area contributed by atoms with Crippen LogP contribution in [0.4, 0.5) is 14.6 Å². The lowest BCUT2D eigenvalue weighted by Crippen LogP contribution is -2.57. The van der Waals surface area contributed by atoms with Gasteiger partial charge in [-0.15, -0.1) is 0 Å². The van der Waals surface area contributed by atoms with Crippen molar-refractivity contribution in [1.29, 1.82) is 5.26 Å². The Bertz CT molecular complexity index is 1530. The molecule has 1 aromatic carbocycles. The van der Waals surface area contributed by atoms with Crippen molar-refractivity contribution in [2.45, 2.75) is 87.5 Å². The summed E-state index contributed by atoms with van der Waals surface area (Å²) in [6.45, 7) is 5.47. The Morgan fingerprint density at radius 1 is 1.14 bits per heavy atom. The summed E-state index contributed by atoms with van der Waals surface area (Å²) in [6, 6.07) is 8.39. The molecule has 2 aromatic rings. The molecule has 4 atom stereocenters. The molecule has 0 N–H and O–H groups in total. The molecule has 3 aliphatic carbocycles. The van der Waals surface area contributed by atoms with E-state index in [1.54, 1.807) is 0 Å². The highest BCUT2D eigenvalue weighted by Crippen LogP contribution is 2.56. The molecule has 7 rings (SSSR count). The first-order chi connectivity index (χ1) is 21.3. The number of fused-ring (bicyclic) bond motifs is 3. The van der Waals surface area contributed by atoms with Crippen molar-refractivity contribution >= 4 is 23.3 Å². The number of nitriles is 1. The molecule has 232 valence electrons. The number of alkyl halides is 1. The van der Waals surface area contributed by atoms with Crippen molar-refractivity contribution in [3.63, 3.8) is 0 Å². The lowest BCUT2D eigenvalue weighted by atomic mass is 9.68. The van der Waals surface area contributed by atoms with Gasteiger partial charge in [0.05, 0.1) is 24.2 Å². The summed E-state index contributed by atoms with van der Waals surface area (Å²) in [7, 11) is 0. The van der Waals surface area contributed by atoms with Crippen molar-refractivity contribution in [3.8, 4) is 12.1 Å². The van der Waals surface area contributed by atoms with Crippen LogP contribution in [0.25, 0.3) is 0 Å². The molecule has 2 aliphatic heterocycles. The number of amides is 1. The van der Waals surface area contributed by atoms with E-state index in [0.717, 1.165) is 36.1 Å². The summed E-state index contributed by atoms with van der Waals surface area (Å²) in [5.41, 5.74) is 2.34. The Morgan fingerprint density at radius 2 is 1.93 bits per heavy atom. The van der Waals surface area contributed by atoms with Gasteiger partial charge in [-0.25, -0.2) is 8.78 Å². The third-order valence-corrected chi connectivity index (χ3v) is 11.1. The SMILES string of the molecule is C=C(F)C(=O)N1CCN(c2nc(OC[C@H]3CCN3C3CCC3)nc3c2CC[C@@]2(CCc4c(Cl)cccc42)[C@H]3F)C[C@@H]1CC#N. The van der Waals surface area contributed by atoms with Crippen LogP contribution < -0.4 is 9.64 Å². The van der Waals surface area contributed by atoms with Gasteiger partial charge in [-0.1, -0.05) is 36.7 Å². The first-order valence-corrected chi connectivity index (χ1v) is 16.2. The summed E-state index contributed by atoms with van der Waals surface area (Å²) in [4.78, 5) is 28.0. The maximum Gasteiger partial charge on any atom is 0.318 e. The van der Waals surface area contributed by atoms with Gasteiger partial charge in [-0.2, -0.15) is 15.2 Å². The minimum atomic E-state index is -1.38. The average molecular weight is 623 g/mol. The number of rotatable bonds is 7. The van der Waals surface area contributed by atoms with Crippen LogP contribution in [0.5, 0.6) is 6.01 Å². The normalized spacial score (nSPS) is 28.1. The van der Waals surface area contributed by atoms with Gasteiger partial charge in [0, 0.05) is 54.3 Å². The van der Waals surface area contributed by atoms with Crippen molar-refractivity contribution in [1.82, 2.24) is 19.8 Å². The van der Waals surface area contributed by atoms with E-state index in [2.05, 4.69) is 17.5 Å². The minimum Gasteiger partial charge on any atom is -0.462 e. The first kappa shape index (κ1) is 29.4. The van der Waals surface area contributed by atoms with Crippen LogP contribution in [0, 0.1) is 11.3 Å². The van der Waals surface area contributed by atoms with Crippen LogP contribution in [-0.4, -0.2) is 76.6 Å². The average Bonchev–Trinajstić information content (AvgIpc) is 3.36. The number of hydrogen-bond acceptors (Lipinski definition) is 7. The van der Waals surface area contributed by atoms with Crippen molar-refractivity contribution in [2.75, 3.05) is 37.7 Å². The fraction of sp³-hybridized carbons (Fsp3) is 0.576. The summed E-state index contributed by atoms with van der Waals surface area (Å²) in [5, 5.41) is 10.2. The van der Waals surface area contributed by atoms with Gasteiger partial charge < -0.3 is 14.5 Å². The van der Waals surface area contributed by atoms with E-state index in [9.17, 15) is 14.4 Å². The Morgan fingerprint density at radius 3 is 2.61 bits per heavy atom. The van der Waals surface area contributed by atoms with Crippen LogP contribution in [0.2, 0.25) is 5.02 Å². The molecule has 3 heterocycles. The molecule has 8 nitrogen and oxygen atoms in total. The van der Waals surface area contributed by atoms with E-state index in [-0.39, 0.29) is 25.5 Å². The molecule has 2 saturated heterocycles. The predicted molar refractivity (Wildman–Crippen MR) is 162 cm³/mol. The van der Waals surface area contributed by atoms with Crippen LogP contribution >= 0.6 is 11.6 Å². The molecule has 3 fully saturated rings. The largest absolute Gasteiger partial charge is 0.462 e.